The summed E-state index contributed by atoms with van der Waals surface area (Å²) in [5, 5.41) is 0. The average Bonchev–Trinajstić information content (AvgIpc) is 2.86. The number of primary amides is 1. The average molecular weight is 292 g/mol. The Morgan fingerprint density at radius 1 is 1.33 bits per heavy atom. The Morgan fingerprint density at radius 2 is 1.95 bits per heavy atom. The van der Waals surface area contributed by atoms with Crippen LogP contribution in [0, 0.1) is 5.41 Å². The predicted molar refractivity (Wildman–Crippen MR) is 79.7 cm³/mol. The first-order valence-electron chi connectivity index (χ1n) is 7.38. The van der Waals surface area contributed by atoms with E-state index in [9.17, 15) is 9.59 Å². The molecule has 6 heteroatoms. The second-order valence-electron chi connectivity index (χ2n) is 6.87. The lowest BCUT2D eigenvalue weighted by molar-refractivity contribution is -0.134. The van der Waals surface area contributed by atoms with Gasteiger partial charge < -0.3 is 15.2 Å². The van der Waals surface area contributed by atoms with Gasteiger partial charge in [-0.25, -0.2) is 4.98 Å². The van der Waals surface area contributed by atoms with Crippen molar-refractivity contribution >= 4 is 11.8 Å². The maximum Gasteiger partial charge on any atom is 0.284 e. The lowest BCUT2D eigenvalue weighted by atomic mass is 9.91. The molecule has 6 nitrogen and oxygen atoms in total. The van der Waals surface area contributed by atoms with Crippen molar-refractivity contribution in [2.45, 2.75) is 46.1 Å². The predicted octanol–water partition coefficient (Wildman–Crippen LogP) is 1.58. The second kappa shape index (κ2) is 5.87. The molecule has 2 rings (SSSR count). The summed E-state index contributed by atoms with van der Waals surface area (Å²) in [5.74, 6) is 0.00223. The fourth-order valence-corrected chi connectivity index (χ4v) is 2.76. The molecule has 0 unspecified atom stereocenters. The van der Waals surface area contributed by atoms with Crippen molar-refractivity contribution < 1.29 is 9.59 Å². The number of imidazole rings is 1. The SMILES string of the molecule is CC(C)(C)CC(=O)N1CCC(n2ccnc2C(N)=O)CC1. The monoisotopic (exact) mass is 292 g/mol. The van der Waals surface area contributed by atoms with Gasteiger partial charge in [0.1, 0.15) is 0 Å². The zero-order valence-corrected chi connectivity index (χ0v) is 13.0. The van der Waals surface area contributed by atoms with Gasteiger partial charge in [0.05, 0.1) is 0 Å². The van der Waals surface area contributed by atoms with Gasteiger partial charge in [0.15, 0.2) is 5.82 Å². The highest BCUT2D eigenvalue weighted by Crippen LogP contribution is 2.26. The van der Waals surface area contributed by atoms with E-state index in [2.05, 4.69) is 25.8 Å². The molecule has 2 heterocycles. The molecule has 0 spiro atoms. The van der Waals surface area contributed by atoms with Crippen LogP contribution in [0.2, 0.25) is 0 Å². The van der Waals surface area contributed by atoms with Crippen molar-refractivity contribution in [2.75, 3.05) is 13.1 Å². The first-order valence-corrected chi connectivity index (χ1v) is 7.38. The van der Waals surface area contributed by atoms with Crippen LogP contribution in [0.15, 0.2) is 12.4 Å². The van der Waals surface area contributed by atoms with Crippen molar-refractivity contribution in [1.29, 1.82) is 0 Å². The van der Waals surface area contributed by atoms with Crippen molar-refractivity contribution in [2.24, 2.45) is 11.1 Å². The van der Waals surface area contributed by atoms with Crippen LogP contribution < -0.4 is 5.73 Å². The highest BCUT2D eigenvalue weighted by molar-refractivity contribution is 5.89. The van der Waals surface area contributed by atoms with Crippen molar-refractivity contribution in [3.05, 3.63) is 18.2 Å². The molecule has 21 heavy (non-hydrogen) atoms. The quantitative estimate of drug-likeness (QED) is 0.918. The van der Waals surface area contributed by atoms with Gasteiger partial charge in [0.25, 0.3) is 5.91 Å². The molecule has 1 aromatic rings. The van der Waals surface area contributed by atoms with Crippen LogP contribution in [0.5, 0.6) is 0 Å². The van der Waals surface area contributed by atoms with Crippen LogP contribution >= 0.6 is 0 Å². The maximum atomic E-state index is 12.2. The normalized spacial score (nSPS) is 17.0. The molecule has 0 bridgehead atoms. The molecule has 2 amide bonds. The summed E-state index contributed by atoms with van der Waals surface area (Å²) in [4.78, 5) is 29.5. The summed E-state index contributed by atoms with van der Waals surface area (Å²) in [6.45, 7) is 7.65. The van der Waals surface area contributed by atoms with E-state index in [1.54, 1.807) is 12.4 Å². The molecule has 0 radical (unpaired) electrons. The number of carbonyl (C=O) groups is 2. The van der Waals surface area contributed by atoms with Crippen LogP contribution in [0.3, 0.4) is 0 Å². The van der Waals surface area contributed by atoms with E-state index >= 15 is 0 Å². The molecular formula is C15H24N4O2. The highest BCUT2D eigenvalue weighted by Gasteiger charge is 2.27. The number of nitrogens with two attached hydrogens (primary N) is 1. The lowest BCUT2D eigenvalue weighted by Crippen LogP contribution is -2.40. The first-order chi connectivity index (χ1) is 9.78. The van der Waals surface area contributed by atoms with Gasteiger partial charge in [-0.05, 0) is 18.3 Å². The summed E-state index contributed by atoms with van der Waals surface area (Å²) < 4.78 is 1.84. The summed E-state index contributed by atoms with van der Waals surface area (Å²) in [6.07, 6.45) is 5.60. The van der Waals surface area contributed by atoms with E-state index < -0.39 is 5.91 Å². The third kappa shape index (κ3) is 3.83. The Morgan fingerprint density at radius 3 is 2.48 bits per heavy atom. The number of piperidine rings is 1. The number of nitrogens with zero attached hydrogens (tertiary/aromatic N) is 3. The smallest absolute Gasteiger partial charge is 0.284 e. The third-order valence-corrected chi connectivity index (χ3v) is 3.78. The number of aromatic nitrogens is 2. The number of carbonyl (C=O) groups excluding carboxylic acids is 2. The van der Waals surface area contributed by atoms with Gasteiger partial charge in [0.2, 0.25) is 5.91 Å². The molecule has 1 aliphatic rings. The summed E-state index contributed by atoms with van der Waals surface area (Å²) in [6, 6.07) is 0.189. The fourth-order valence-electron chi connectivity index (χ4n) is 2.76. The Labute approximate surface area is 125 Å². The molecule has 1 saturated heterocycles. The van der Waals surface area contributed by atoms with E-state index in [1.165, 1.54) is 0 Å². The number of amides is 2. The molecular weight excluding hydrogens is 268 g/mol. The van der Waals surface area contributed by atoms with Crippen LogP contribution in [0.1, 0.15) is 56.7 Å². The standard InChI is InChI=1S/C15H24N4O2/c1-15(2,3)10-12(20)18-7-4-11(5-8-18)19-9-6-17-14(19)13(16)21/h6,9,11H,4-5,7-8,10H2,1-3H3,(H2,16,21). The fraction of sp³-hybridized carbons (Fsp3) is 0.667. The van der Waals surface area contributed by atoms with Gasteiger partial charge in [-0.2, -0.15) is 0 Å². The maximum absolute atomic E-state index is 12.2. The molecule has 1 aromatic heterocycles. The van der Waals surface area contributed by atoms with Gasteiger partial charge in [-0.15, -0.1) is 0 Å². The number of rotatable bonds is 3. The van der Waals surface area contributed by atoms with Gasteiger partial charge in [-0.3, -0.25) is 9.59 Å². The van der Waals surface area contributed by atoms with Crippen molar-refractivity contribution in [3.8, 4) is 0 Å². The van der Waals surface area contributed by atoms with Crippen LogP contribution in [0.4, 0.5) is 0 Å². The minimum Gasteiger partial charge on any atom is -0.363 e. The minimum atomic E-state index is -0.508. The molecule has 0 saturated carbocycles. The summed E-state index contributed by atoms with van der Waals surface area (Å²) in [7, 11) is 0. The van der Waals surface area contributed by atoms with Gasteiger partial charge >= 0.3 is 0 Å². The number of hydrogen-bond acceptors (Lipinski definition) is 3. The van der Waals surface area contributed by atoms with E-state index in [1.807, 2.05) is 9.47 Å². The van der Waals surface area contributed by atoms with Crippen LogP contribution in [-0.4, -0.2) is 39.4 Å². The zero-order valence-electron chi connectivity index (χ0n) is 13.0. The van der Waals surface area contributed by atoms with Crippen molar-refractivity contribution in [1.82, 2.24) is 14.5 Å². The van der Waals surface area contributed by atoms with Crippen LogP contribution in [0.25, 0.3) is 0 Å². The van der Waals surface area contributed by atoms with Crippen molar-refractivity contribution in [3.63, 3.8) is 0 Å². The molecule has 116 valence electrons. The largest absolute Gasteiger partial charge is 0.363 e. The van der Waals surface area contributed by atoms with Crippen LogP contribution in [-0.2, 0) is 4.79 Å². The van der Waals surface area contributed by atoms with Gasteiger partial charge in [-0.1, -0.05) is 20.8 Å². The number of hydrogen-bond donors (Lipinski definition) is 1. The van der Waals surface area contributed by atoms with Gasteiger partial charge in [0, 0.05) is 37.9 Å². The topological polar surface area (TPSA) is 81.2 Å². The Kier molecular flexibility index (Phi) is 4.34. The first kappa shape index (κ1) is 15.5. The van der Waals surface area contributed by atoms with E-state index in [4.69, 9.17) is 5.73 Å². The highest BCUT2D eigenvalue weighted by atomic mass is 16.2. The molecule has 1 fully saturated rings. The van der Waals surface area contributed by atoms with E-state index in [0.29, 0.717) is 12.2 Å². The molecule has 1 aliphatic heterocycles. The van der Waals surface area contributed by atoms with E-state index in [0.717, 1.165) is 25.9 Å². The molecule has 0 atom stereocenters. The molecule has 0 aromatic carbocycles. The molecule has 2 N–H and O–H groups in total. The lowest BCUT2D eigenvalue weighted by Gasteiger charge is -2.34. The molecule has 0 aliphatic carbocycles. The van der Waals surface area contributed by atoms with E-state index in [-0.39, 0.29) is 17.4 Å². The third-order valence-electron chi connectivity index (χ3n) is 3.78. The Bertz CT molecular complexity index is 522. The summed E-state index contributed by atoms with van der Waals surface area (Å²) >= 11 is 0. The minimum absolute atomic E-state index is 0.0113. The Balaban J connectivity index is 1.96. The summed E-state index contributed by atoms with van der Waals surface area (Å²) in [5.41, 5.74) is 5.34. The second-order valence-corrected chi connectivity index (χ2v) is 6.87. The zero-order chi connectivity index (χ0) is 15.6. The number of likely N-dealkylation sites (tertiary alicyclic amines) is 1. The Hall–Kier alpha value is -1.85.